The quantitative estimate of drug-likeness (QED) is 0.692. The maximum atomic E-state index is 12.5. The monoisotopic (exact) mass is 241 g/mol. The molecular weight excluding hydrogens is 222 g/mol. The van der Waals surface area contributed by atoms with Gasteiger partial charge >= 0.3 is 0 Å². The fourth-order valence-electron chi connectivity index (χ4n) is 2.96. The summed E-state index contributed by atoms with van der Waals surface area (Å²) in [5.74, 6) is 0.578. The molecule has 1 aliphatic carbocycles. The van der Waals surface area contributed by atoms with Crippen molar-refractivity contribution < 1.29 is 4.79 Å². The summed E-state index contributed by atoms with van der Waals surface area (Å²) >= 11 is 0. The number of allylic oxidation sites excluding steroid dienone is 2. The van der Waals surface area contributed by atoms with Crippen molar-refractivity contribution >= 4 is 5.91 Å². The normalized spacial score (nSPS) is 22.7. The minimum absolute atomic E-state index is 0.222. The summed E-state index contributed by atoms with van der Waals surface area (Å²) in [6.45, 7) is 1.69. The summed E-state index contributed by atoms with van der Waals surface area (Å²) in [5.41, 5.74) is 2.73. The summed E-state index contributed by atoms with van der Waals surface area (Å²) in [7, 11) is 0. The van der Waals surface area contributed by atoms with Gasteiger partial charge in [0.2, 0.25) is 5.91 Å². The Hall–Kier alpha value is -1.57. The molecule has 1 aromatic rings. The van der Waals surface area contributed by atoms with Crippen LogP contribution in [0.3, 0.4) is 0 Å². The first-order chi connectivity index (χ1) is 8.84. The number of hydrogen-bond acceptors (Lipinski definition) is 1. The maximum absolute atomic E-state index is 12.5. The van der Waals surface area contributed by atoms with E-state index in [4.69, 9.17) is 0 Å². The van der Waals surface area contributed by atoms with E-state index >= 15 is 0 Å². The van der Waals surface area contributed by atoms with Gasteiger partial charge in [0.1, 0.15) is 0 Å². The second-order valence-electron chi connectivity index (χ2n) is 5.26. The molecule has 0 spiro atoms. The first-order valence-corrected chi connectivity index (χ1v) is 6.85. The molecule has 2 nitrogen and oxygen atoms in total. The molecule has 94 valence electrons. The number of hydrogen-bond donors (Lipinski definition) is 0. The lowest BCUT2D eigenvalue weighted by Gasteiger charge is -2.32. The van der Waals surface area contributed by atoms with Crippen molar-refractivity contribution in [1.82, 2.24) is 4.90 Å². The zero-order valence-corrected chi connectivity index (χ0v) is 10.6. The first kappa shape index (κ1) is 11.5. The van der Waals surface area contributed by atoms with Gasteiger partial charge in [-0.3, -0.25) is 4.79 Å². The van der Waals surface area contributed by atoms with Crippen LogP contribution >= 0.6 is 0 Å². The number of carbonyl (C=O) groups is 1. The molecule has 1 amide bonds. The van der Waals surface area contributed by atoms with Gasteiger partial charge in [0.05, 0.1) is 0 Å². The number of rotatable bonds is 1. The zero-order valence-electron chi connectivity index (χ0n) is 10.6. The van der Waals surface area contributed by atoms with E-state index in [1.807, 2.05) is 4.90 Å². The van der Waals surface area contributed by atoms with Crippen molar-refractivity contribution in [1.29, 1.82) is 0 Å². The third-order valence-corrected chi connectivity index (χ3v) is 4.06. The number of carbonyl (C=O) groups excluding carboxylic acids is 1. The van der Waals surface area contributed by atoms with Gasteiger partial charge in [0.25, 0.3) is 0 Å². The molecule has 0 saturated carbocycles. The highest BCUT2D eigenvalue weighted by molar-refractivity contribution is 5.79. The molecule has 1 aromatic carbocycles. The third-order valence-electron chi connectivity index (χ3n) is 4.06. The Bertz CT molecular complexity index is 478. The lowest BCUT2D eigenvalue weighted by atomic mass is 9.91. The summed E-state index contributed by atoms with van der Waals surface area (Å²) < 4.78 is 0. The lowest BCUT2D eigenvalue weighted by Crippen LogP contribution is -2.40. The van der Waals surface area contributed by atoms with Gasteiger partial charge in [-0.05, 0) is 36.8 Å². The van der Waals surface area contributed by atoms with E-state index < -0.39 is 0 Å². The van der Waals surface area contributed by atoms with Crippen LogP contribution in [0.1, 0.15) is 30.4 Å². The van der Waals surface area contributed by atoms with Crippen molar-refractivity contribution in [2.24, 2.45) is 5.92 Å². The number of nitrogens with zero attached hydrogens (tertiary/aromatic N) is 1. The molecule has 0 fully saturated rings. The van der Waals surface area contributed by atoms with E-state index in [0.717, 1.165) is 38.8 Å². The van der Waals surface area contributed by atoms with Crippen LogP contribution in [0.15, 0.2) is 36.4 Å². The Labute approximate surface area is 108 Å². The second kappa shape index (κ2) is 4.97. The molecule has 3 rings (SSSR count). The van der Waals surface area contributed by atoms with Crippen LogP contribution in [0.25, 0.3) is 0 Å². The second-order valence-corrected chi connectivity index (χ2v) is 5.26. The van der Waals surface area contributed by atoms with E-state index in [1.165, 1.54) is 11.1 Å². The molecule has 1 aliphatic heterocycles. The molecule has 0 bridgehead atoms. The molecule has 0 aromatic heterocycles. The zero-order chi connectivity index (χ0) is 12.4. The van der Waals surface area contributed by atoms with Crippen molar-refractivity contribution in [3.8, 4) is 0 Å². The number of fused-ring (bicyclic) bond motifs is 1. The highest BCUT2D eigenvalue weighted by Crippen LogP contribution is 2.24. The molecule has 0 radical (unpaired) electrons. The minimum atomic E-state index is 0.222. The van der Waals surface area contributed by atoms with Crippen molar-refractivity contribution in [3.05, 3.63) is 47.5 Å². The Balaban J connectivity index is 1.72. The molecular formula is C16H19NO. The van der Waals surface area contributed by atoms with Crippen molar-refractivity contribution in [2.75, 3.05) is 6.54 Å². The average Bonchev–Trinajstić information content (AvgIpc) is 2.47. The fraction of sp³-hybridized carbons (Fsp3) is 0.438. The van der Waals surface area contributed by atoms with Crippen LogP contribution in [0.4, 0.5) is 0 Å². The standard InChI is InChI=1S/C16H19NO/c18-16(14-7-2-1-3-8-14)17-11-10-13-6-4-5-9-15(13)12-17/h1-2,4-6,9,14H,3,7-8,10-12H2/t14-/m0/s1. The van der Waals surface area contributed by atoms with E-state index in [0.29, 0.717) is 5.91 Å². The third kappa shape index (κ3) is 2.20. The molecule has 1 atom stereocenters. The van der Waals surface area contributed by atoms with Gasteiger partial charge in [-0.25, -0.2) is 0 Å². The molecule has 1 heterocycles. The van der Waals surface area contributed by atoms with Gasteiger partial charge < -0.3 is 4.90 Å². The van der Waals surface area contributed by atoms with E-state index in [9.17, 15) is 4.79 Å². The smallest absolute Gasteiger partial charge is 0.226 e. The van der Waals surface area contributed by atoms with Crippen molar-refractivity contribution in [3.63, 3.8) is 0 Å². The molecule has 2 heteroatoms. The Morgan fingerprint density at radius 3 is 2.78 bits per heavy atom. The summed E-state index contributed by atoms with van der Waals surface area (Å²) in [5, 5.41) is 0. The lowest BCUT2D eigenvalue weighted by molar-refractivity contribution is -0.136. The summed E-state index contributed by atoms with van der Waals surface area (Å²) in [6.07, 6.45) is 8.36. The fourth-order valence-corrected chi connectivity index (χ4v) is 2.96. The molecule has 18 heavy (non-hydrogen) atoms. The Morgan fingerprint density at radius 1 is 1.17 bits per heavy atom. The topological polar surface area (TPSA) is 20.3 Å². The molecule has 0 unspecified atom stereocenters. The minimum Gasteiger partial charge on any atom is -0.338 e. The van der Waals surface area contributed by atoms with Crippen molar-refractivity contribution in [2.45, 2.75) is 32.2 Å². The van der Waals surface area contributed by atoms with Gasteiger partial charge in [0.15, 0.2) is 0 Å². The van der Waals surface area contributed by atoms with Gasteiger partial charge in [0, 0.05) is 19.0 Å². The Morgan fingerprint density at radius 2 is 2.00 bits per heavy atom. The first-order valence-electron chi connectivity index (χ1n) is 6.85. The summed E-state index contributed by atoms with van der Waals surface area (Å²) in [4.78, 5) is 14.5. The van der Waals surface area contributed by atoms with Crippen LogP contribution in [0.5, 0.6) is 0 Å². The van der Waals surface area contributed by atoms with Crippen LogP contribution < -0.4 is 0 Å². The maximum Gasteiger partial charge on any atom is 0.226 e. The predicted octanol–water partition coefficient (Wildman–Crippen LogP) is 2.93. The Kier molecular flexibility index (Phi) is 3.18. The van der Waals surface area contributed by atoms with E-state index in [-0.39, 0.29) is 5.92 Å². The predicted molar refractivity (Wildman–Crippen MR) is 72.0 cm³/mol. The van der Waals surface area contributed by atoms with E-state index in [2.05, 4.69) is 36.4 Å². The van der Waals surface area contributed by atoms with Crippen LogP contribution in [0, 0.1) is 5.92 Å². The van der Waals surface area contributed by atoms with Crippen LogP contribution in [-0.2, 0) is 17.8 Å². The van der Waals surface area contributed by atoms with Gasteiger partial charge in [-0.1, -0.05) is 36.4 Å². The summed E-state index contributed by atoms with van der Waals surface area (Å²) in [6, 6.07) is 8.48. The highest BCUT2D eigenvalue weighted by Gasteiger charge is 2.26. The highest BCUT2D eigenvalue weighted by atomic mass is 16.2. The van der Waals surface area contributed by atoms with E-state index in [1.54, 1.807) is 0 Å². The van der Waals surface area contributed by atoms with Crippen LogP contribution in [0.2, 0.25) is 0 Å². The SMILES string of the molecule is O=C([C@H]1CC=CCC1)N1CCc2ccccc2C1. The van der Waals surface area contributed by atoms with Gasteiger partial charge in [-0.15, -0.1) is 0 Å². The van der Waals surface area contributed by atoms with Gasteiger partial charge in [-0.2, -0.15) is 0 Å². The largest absolute Gasteiger partial charge is 0.338 e. The number of amides is 1. The molecule has 0 saturated heterocycles. The van der Waals surface area contributed by atoms with Crippen LogP contribution in [-0.4, -0.2) is 17.4 Å². The average molecular weight is 241 g/mol. The molecule has 0 N–H and O–H groups in total. The molecule has 2 aliphatic rings. The number of benzene rings is 1.